The summed E-state index contributed by atoms with van der Waals surface area (Å²) in [6, 6.07) is 0. The summed E-state index contributed by atoms with van der Waals surface area (Å²) in [4.78, 5) is 8.28. The van der Waals surface area contributed by atoms with Gasteiger partial charge in [0.15, 0.2) is 9.76 Å². The molecule has 0 atom stereocenters. The molecule has 0 bridgehead atoms. The SMILES string of the molecule is CC(C)[SiH2]O. The van der Waals surface area contributed by atoms with Crippen molar-refractivity contribution in [2.24, 2.45) is 0 Å². The number of hydrogen-bond donors (Lipinski definition) is 1. The van der Waals surface area contributed by atoms with Gasteiger partial charge in [-0.3, -0.25) is 0 Å². The van der Waals surface area contributed by atoms with E-state index in [9.17, 15) is 0 Å². The lowest BCUT2D eigenvalue weighted by atomic mass is 10.6. The minimum atomic E-state index is -0.651. The third-order valence-corrected chi connectivity index (χ3v) is 1.10. The van der Waals surface area contributed by atoms with Crippen LogP contribution in [0.25, 0.3) is 0 Å². The van der Waals surface area contributed by atoms with E-state index in [4.69, 9.17) is 4.80 Å². The first kappa shape index (κ1) is 5.18. The van der Waals surface area contributed by atoms with Crippen molar-refractivity contribution >= 4 is 9.76 Å². The third kappa shape index (κ3) is 4.18. The highest BCUT2D eigenvalue weighted by Crippen LogP contribution is 1.90. The lowest BCUT2D eigenvalue weighted by Crippen LogP contribution is -1.89. The molecule has 0 saturated carbocycles. The van der Waals surface area contributed by atoms with Crippen molar-refractivity contribution in [3.8, 4) is 0 Å². The van der Waals surface area contributed by atoms with Gasteiger partial charge in [0.05, 0.1) is 0 Å². The average Bonchev–Trinajstić information content (AvgIpc) is 1.38. The summed E-state index contributed by atoms with van der Waals surface area (Å²) in [7, 11) is -0.651. The van der Waals surface area contributed by atoms with Gasteiger partial charge in [0.1, 0.15) is 0 Å². The van der Waals surface area contributed by atoms with Crippen LogP contribution < -0.4 is 0 Å². The fourth-order valence-electron chi connectivity index (χ4n) is 0. The highest BCUT2D eigenvalue weighted by molar-refractivity contribution is 6.27. The highest BCUT2D eigenvalue weighted by Gasteiger charge is 1.83. The normalized spacial score (nSPS) is 12.0. The lowest BCUT2D eigenvalue weighted by Gasteiger charge is -1.88. The molecule has 5 heavy (non-hydrogen) atoms. The van der Waals surface area contributed by atoms with Crippen LogP contribution in [0.2, 0.25) is 5.54 Å². The maximum Gasteiger partial charge on any atom is 0.159 e. The Bertz CT molecular complexity index is 20.9. The maximum absolute atomic E-state index is 8.28. The van der Waals surface area contributed by atoms with Crippen LogP contribution in [0, 0.1) is 0 Å². The Hall–Kier alpha value is 0.177. The predicted octanol–water partition coefficient (Wildman–Crippen LogP) is -0.109. The molecule has 1 N–H and O–H groups in total. The fraction of sp³-hybridized carbons (Fsp3) is 1.00. The predicted molar refractivity (Wildman–Crippen MR) is 25.9 cm³/mol. The number of rotatable bonds is 1. The largest absolute Gasteiger partial charge is 0.438 e. The Labute approximate surface area is 35.0 Å². The van der Waals surface area contributed by atoms with E-state index in [-0.39, 0.29) is 0 Å². The molecule has 0 aliphatic carbocycles. The molecule has 0 aromatic rings. The fourth-order valence-corrected chi connectivity index (χ4v) is 0. The molecular formula is C3H10OSi. The van der Waals surface area contributed by atoms with Gasteiger partial charge in [0.25, 0.3) is 0 Å². The molecule has 0 rings (SSSR count). The molecular weight excluding hydrogens is 80.1 g/mol. The topological polar surface area (TPSA) is 20.2 Å². The molecule has 0 spiro atoms. The van der Waals surface area contributed by atoms with Gasteiger partial charge in [-0.25, -0.2) is 0 Å². The summed E-state index contributed by atoms with van der Waals surface area (Å²) in [5, 5.41) is 0. The Balaban J connectivity index is 2.54. The molecule has 0 fully saturated rings. The van der Waals surface area contributed by atoms with Gasteiger partial charge in [-0.1, -0.05) is 13.8 Å². The van der Waals surface area contributed by atoms with Crippen LogP contribution in [0.4, 0.5) is 0 Å². The molecule has 0 radical (unpaired) electrons. The van der Waals surface area contributed by atoms with Gasteiger partial charge in [-0.15, -0.1) is 0 Å². The molecule has 0 aromatic carbocycles. The van der Waals surface area contributed by atoms with Gasteiger partial charge in [-0.05, 0) is 5.54 Å². The third-order valence-electron chi connectivity index (χ3n) is 0.365. The zero-order chi connectivity index (χ0) is 4.28. The van der Waals surface area contributed by atoms with Crippen molar-refractivity contribution in [3.05, 3.63) is 0 Å². The second-order valence-electron chi connectivity index (χ2n) is 1.58. The summed E-state index contributed by atoms with van der Waals surface area (Å²) in [5.74, 6) is 0. The lowest BCUT2D eigenvalue weighted by molar-refractivity contribution is 0.587. The Morgan fingerprint density at radius 1 is 1.60 bits per heavy atom. The molecule has 0 unspecified atom stereocenters. The van der Waals surface area contributed by atoms with Crippen LogP contribution in [-0.4, -0.2) is 14.6 Å². The summed E-state index contributed by atoms with van der Waals surface area (Å²) in [6.45, 7) is 4.07. The monoisotopic (exact) mass is 90.1 g/mol. The Morgan fingerprint density at radius 2 is 1.80 bits per heavy atom. The van der Waals surface area contributed by atoms with E-state index in [1.807, 2.05) is 13.8 Å². The summed E-state index contributed by atoms with van der Waals surface area (Å²) >= 11 is 0. The van der Waals surface area contributed by atoms with Gasteiger partial charge < -0.3 is 4.80 Å². The Morgan fingerprint density at radius 3 is 1.80 bits per heavy atom. The van der Waals surface area contributed by atoms with Crippen molar-refractivity contribution < 1.29 is 4.80 Å². The summed E-state index contributed by atoms with van der Waals surface area (Å²) < 4.78 is 0. The second kappa shape index (κ2) is 2.42. The quantitative estimate of drug-likeness (QED) is 0.445. The van der Waals surface area contributed by atoms with E-state index in [1.165, 1.54) is 0 Å². The first-order chi connectivity index (χ1) is 2.27. The molecule has 0 aliphatic rings. The van der Waals surface area contributed by atoms with Gasteiger partial charge >= 0.3 is 0 Å². The second-order valence-corrected chi connectivity index (χ2v) is 3.57. The standard InChI is InChI=1S/C3H10OSi/c1-3(2)5-4/h3-4H,5H2,1-2H3. The van der Waals surface area contributed by atoms with Crippen LogP contribution >= 0.6 is 0 Å². The first-order valence-electron chi connectivity index (χ1n) is 1.88. The van der Waals surface area contributed by atoms with Crippen LogP contribution in [-0.2, 0) is 0 Å². The van der Waals surface area contributed by atoms with E-state index >= 15 is 0 Å². The molecule has 0 amide bonds. The van der Waals surface area contributed by atoms with Crippen LogP contribution in [0.1, 0.15) is 13.8 Å². The molecule has 1 nitrogen and oxygen atoms in total. The van der Waals surface area contributed by atoms with Gasteiger partial charge in [0, 0.05) is 0 Å². The molecule has 0 heterocycles. The molecule has 32 valence electrons. The van der Waals surface area contributed by atoms with Crippen LogP contribution in [0.3, 0.4) is 0 Å². The van der Waals surface area contributed by atoms with E-state index in [2.05, 4.69) is 0 Å². The Kier molecular flexibility index (Phi) is 2.50. The van der Waals surface area contributed by atoms with Gasteiger partial charge in [-0.2, -0.15) is 0 Å². The molecule has 0 aliphatic heterocycles. The summed E-state index contributed by atoms with van der Waals surface area (Å²) in [6.07, 6.45) is 0. The average molecular weight is 90.2 g/mol. The van der Waals surface area contributed by atoms with Gasteiger partial charge in [0.2, 0.25) is 0 Å². The smallest absolute Gasteiger partial charge is 0.159 e. The van der Waals surface area contributed by atoms with E-state index in [0.717, 1.165) is 0 Å². The van der Waals surface area contributed by atoms with Crippen molar-refractivity contribution in [3.63, 3.8) is 0 Å². The van der Waals surface area contributed by atoms with E-state index < -0.39 is 9.76 Å². The van der Waals surface area contributed by atoms with Crippen molar-refractivity contribution in [1.29, 1.82) is 0 Å². The highest BCUT2D eigenvalue weighted by atomic mass is 28.2. The maximum atomic E-state index is 8.28. The molecule has 0 aromatic heterocycles. The first-order valence-corrected chi connectivity index (χ1v) is 3.33. The zero-order valence-corrected chi connectivity index (χ0v) is 5.15. The summed E-state index contributed by atoms with van der Waals surface area (Å²) in [5.41, 5.74) is 0.579. The van der Waals surface area contributed by atoms with Crippen molar-refractivity contribution in [2.45, 2.75) is 19.4 Å². The number of hydrogen-bond acceptors (Lipinski definition) is 1. The molecule has 0 saturated heterocycles. The van der Waals surface area contributed by atoms with Crippen LogP contribution in [0.5, 0.6) is 0 Å². The van der Waals surface area contributed by atoms with Crippen molar-refractivity contribution in [1.82, 2.24) is 0 Å². The van der Waals surface area contributed by atoms with Crippen molar-refractivity contribution in [2.75, 3.05) is 0 Å². The van der Waals surface area contributed by atoms with E-state index in [1.54, 1.807) is 0 Å². The minimum absolute atomic E-state index is 0.579. The zero-order valence-electron chi connectivity index (χ0n) is 3.73. The van der Waals surface area contributed by atoms with E-state index in [0.29, 0.717) is 5.54 Å². The minimum Gasteiger partial charge on any atom is -0.438 e. The van der Waals surface area contributed by atoms with Crippen LogP contribution in [0.15, 0.2) is 0 Å². The molecule has 2 heteroatoms.